The molecular formula is C23H28Br9N9O6S3. The monoisotopic (exact) mass is 1330 g/mol. The fourth-order valence-electron chi connectivity index (χ4n) is 6.65. The molecule has 0 amide bonds. The van der Waals surface area contributed by atoms with Gasteiger partial charge in [0.25, 0.3) is 15.5 Å². The number of nitrogens with zero attached hydrogens (tertiary/aromatic N) is 9. The van der Waals surface area contributed by atoms with Gasteiger partial charge >= 0.3 is 0 Å². The number of halogens is 9. The van der Waals surface area contributed by atoms with Crippen LogP contribution in [0.15, 0.2) is 21.8 Å². The van der Waals surface area contributed by atoms with Crippen molar-refractivity contribution in [2.24, 2.45) is 31.8 Å². The van der Waals surface area contributed by atoms with Gasteiger partial charge in [0.1, 0.15) is 18.0 Å². The highest BCUT2D eigenvalue weighted by Gasteiger charge is 2.54. The molecule has 4 bridgehead atoms. The normalized spacial score (nSPS) is 24.0. The molecule has 7 rings (SSSR count). The Hall–Kier alpha value is 1.59. The van der Waals surface area contributed by atoms with Gasteiger partial charge in [0.15, 0.2) is 0 Å². The van der Waals surface area contributed by atoms with Crippen molar-refractivity contribution in [3.8, 4) is 0 Å². The molecule has 4 fully saturated rings. The van der Waals surface area contributed by atoms with E-state index in [4.69, 9.17) is 0 Å². The van der Waals surface area contributed by atoms with Crippen LogP contribution in [0.4, 0.5) is 0 Å². The molecule has 4 aliphatic rings. The number of hydrogen-bond acceptors (Lipinski definition) is 12. The lowest BCUT2D eigenvalue weighted by atomic mass is 9.53. The van der Waals surface area contributed by atoms with Gasteiger partial charge in [0.2, 0.25) is 33.9 Å². The van der Waals surface area contributed by atoms with Crippen LogP contribution >= 0.6 is 143 Å². The van der Waals surface area contributed by atoms with Gasteiger partial charge in [-0.2, -0.15) is 0 Å². The minimum atomic E-state index is -3.72. The van der Waals surface area contributed by atoms with Gasteiger partial charge in [-0.05, 0) is 213 Å². The highest BCUT2D eigenvalue weighted by molar-refractivity contribution is 9.43. The molecule has 15 nitrogen and oxygen atoms in total. The van der Waals surface area contributed by atoms with Crippen molar-refractivity contribution in [3.63, 3.8) is 0 Å². The smallest absolute Gasteiger partial charge is 0.253 e. The largest absolute Gasteiger partial charge is 0.305 e. The fraction of sp³-hybridized carbons (Fsp3) is 0.739. The number of sulfone groups is 3. The molecule has 4 saturated carbocycles. The summed E-state index contributed by atoms with van der Waals surface area (Å²) in [6.07, 6.45) is 8.70. The van der Waals surface area contributed by atoms with Crippen molar-refractivity contribution in [2.75, 3.05) is 0 Å². The second kappa shape index (κ2) is 15.5. The highest BCUT2D eigenvalue weighted by Crippen LogP contribution is 2.59. The number of hydrogen-bond donors (Lipinski definition) is 0. The van der Waals surface area contributed by atoms with Gasteiger partial charge in [0.05, 0.1) is 0 Å². The molecule has 4 aliphatic carbocycles. The SMILES string of the molecule is Cc1nnc(S(=O)(=O)C(Br)(Br)Br)n1C.Cc1nnc(S(=O)(=O)C(Br)(Br)Br)n1C.O=S(=O)(c1nncn1C12CC3CC(CC(C3)C1)C2)C(Br)(Br)Br. The van der Waals surface area contributed by atoms with E-state index in [-0.39, 0.29) is 21.0 Å². The van der Waals surface area contributed by atoms with Gasteiger partial charge in [-0.1, -0.05) is 0 Å². The third-order valence-electron chi connectivity index (χ3n) is 8.77. The highest BCUT2D eigenvalue weighted by atomic mass is 80.0. The number of aromatic nitrogens is 9. The second-order valence-corrected chi connectivity index (χ2v) is 43.1. The zero-order chi connectivity index (χ0) is 38.0. The minimum Gasteiger partial charge on any atom is -0.305 e. The number of rotatable bonds is 4. The third-order valence-corrected chi connectivity index (χ3v) is 24.5. The van der Waals surface area contributed by atoms with Crippen LogP contribution in [-0.4, -0.2) is 74.0 Å². The van der Waals surface area contributed by atoms with E-state index in [0.717, 1.165) is 37.0 Å². The molecule has 0 N–H and O–H groups in total. The van der Waals surface area contributed by atoms with Crippen LogP contribution in [0, 0.1) is 31.6 Å². The average Bonchev–Trinajstić information content (AvgIpc) is 3.67. The molecule has 282 valence electrons. The zero-order valence-corrected chi connectivity index (χ0v) is 42.9. The van der Waals surface area contributed by atoms with Gasteiger partial charge in [0, 0.05) is 19.6 Å². The molecule has 0 aliphatic heterocycles. The molecule has 50 heavy (non-hydrogen) atoms. The fourth-order valence-corrected chi connectivity index (χ4v) is 13.1. The first kappa shape index (κ1) is 44.3. The maximum atomic E-state index is 12.8. The molecule has 3 aromatic rings. The number of alkyl halides is 9. The predicted octanol–water partition coefficient (Wildman–Crippen LogP) is 7.16. The molecule has 0 aromatic carbocycles. The lowest BCUT2D eigenvalue weighted by molar-refractivity contribution is -0.0476. The Labute approximate surface area is 365 Å². The van der Waals surface area contributed by atoms with E-state index in [0.29, 0.717) is 11.6 Å². The Kier molecular flexibility index (Phi) is 13.7. The zero-order valence-electron chi connectivity index (χ0n) is 26.2. The van der Waals surface area contributed by atoms with E-state index >= 15 is 0 Å². The van der Waals surface area contributed by atoms with Crippen LogP contribution < -0.4 is 0 Å². The summed E-state index contributed by atoms with van der Waals surface area (Å²) in [7, 11) is -7.84. The quantitative estimate of drug-likeness (QED) is 0.240. The summed E-state index contributed by atoms with van der Waals surface area (Å²) in [6.45, 7) is 3.34. The summed E-state index contributed by atoms with van der Waals surface area (Å²) in [5.74, 6) is 3.24. The molecule has 3 aromatic heterocycles. The Bertz CT molecular complexity index is 1950. The van der Waals surface area contributed by atoms with E-state index < -0.39 is 33.9 Å². The standard InChI is InChI=1S/C13H16Br3N3O2S.2C5H6Br3N3O2S/c14-13(15,16)22(20,21)11-18-17-7-19(11)12-4-8-1-9(5-12)3-10(2-8)6-12;2*1-3-9-10-4(11(3)2)14(12,13)5(6,7)8/h7-10H,1-6H2;2*1-2H3. The van der Waals surface area contributed by atoms with E-state index in [9.17, 15) is 25.3 Å². The summed E-state index contributed by atoms with van der Waals surface area (Å²) in [5.41, 5.74) is -0.112. The summed E-state index contributed by atoms with van der Waals surface area (Å²) in [5, 5.41) is 22.2. The molecular weight excluding hydrogens is 1310 g/mol. The molecule has 0 saturated heterocycles. The molecule has 3 heterocycles. The molecule has 0 unspecified atom stereocenters. The summed E-state index contributed by atoms with van der Waals surface area (Å²) < 4.78 is 73.2. The van der Waals surface area contributed by atoms with Crippen LogP contribution in [-0.2, 0) is 49.1 Å². The Morgan fingerprint density at radius 1 is 0.580 bits per heavy atom. The van der Waals surface area contributed by atoms with Crippen LogP contribution in [0.2, 0.25) is 0 Å². The van der Waals surface area contributed by atoms with Crippen LogP contribution in [0.1, 0.15) is 50.2 Å². The molecule has 27 heteroatoms. The lowest BCUT2D eigenvalue weighted by Gasteiger charge is -2.57. The van der Waals surface area contributed by atoms with Crippen LogP contribution in [0.25, 0.3) is 0 Å². The van der Waals surface area contributed by atoms with Crippen LogP contribution in [0.5, 0.6) is 0 Å². The van der Waals surface area contributed by atoms with Crippen molar-refractivity contribution in [1.82, 2.24) is 44.3 Å². The van der Waals surface area contributed by atoms with Gasteiger partial charge in [-0.3, -0.25) is 4.57 Å². The maximum Gasteiger partial charge on any atom is 0.253 e. The van der Waals surface area contributed by atoms with Crippen molar-refractivity contribution in [1.29, 1.82) is 0 Å². The Morgan fingerprint density at radius 3 is 1.18 bits per heavy atom. The second-order valence-electron chi connectivity index (χ2n) is 12.2. The lowest BCUT2D eigenvalue weighted by Crippen LogP contribution is -2.52. The predicted molar refractivity (Wildman–Crippen MR) is 218 cm³/mol. The maximum absolute atomic E-state index is 12.8. The van der Waals surface area contributed by atoms with Gasteiger partial charge in [-0.15, -0.1) is 30.6 Å². The number of aryl methyl sites for hydroxylation is 2. The molecule has 0 spiro atoms. The van der Waals surface area contributed by atoms with Crippen molar-refractivity contribution in [2.45, 2.75) is 77.8 Å². The summed E-state index contributed by atoms with van der Waals surface area (Å²) >= 11 is 27.1. The van der Waals surface area contributed by atoms with Crippen LogP contribution in [0.3, 0.4) is 0 Å². The first-order valence-electron chi connectivity index (χ1n) is 14.1. The Balaban J connectivity index is 0.000000177. The molecule has 0 radical (unpaired) electrons. The Morgan fingerprint density at radius 2 is 0.900 bits per heavy atom. The first-order valence-corrected chi connectivity index (χ1v) is 25.7. The average molecular weight is 1340 g/mol. The summed E-state index contributed by atoms with van der Waals surface area (Å²) in [6, 6.07) is 0. The molecule has 0 atom stereocenters. The van der Waals surface area contributed by atoms with E-state index in [1.165, 1.54) is 28.4 Å². The van der Waals surface area contributed by atoms with Crippen molar-refractivity contribution < 1.29 is 25.3 Å². The van der Waals surface area contributed by atoms with E-state index in [1.54, 1.807) is 34.3 Å². The van der Waals surface area contributed by atoms with Crippen molar-refractivity contribution in [3.05, 3.63) is 18.0 Å². The van der Waals surface area contributed by atoms with E-state index in [1.807, 2.05) is 4.57 Å². The minimum absolute atomic E-state index is 0.0417. The van der Waals surface area contributed by atoms with Gasteiger partial charge in [-0.25, -0.2) is 25.3 Å². The first-order chi connectivity index (χ1) is 22.6. The van der Waals surface area contributed by atoms with Crippen molar-refractivity contribution >= 4 is 173 Å². The summed E-state index contributed by atoms with van der Waals surface area (Å²) in [4.78, 5) is 0. The van der Waals surface area contributed by atoms with Gasteiger partial charge < -0.3 is 9.13 Å². The van der Waals surface area contributed by atoms with E-state index in [2.05, 4.69) is 174 Å². The third kappa shape index (κ3) is 8.76. The topological polar surface area (TPSA) is 195 Å².